The van der Waals surface area contributed by atoms with Gasteiger partial charge < -0.3 is 9.84 Å². The van der Waals surface area contributed by atoms with E-state index in [1.54, 1.807) is 0 Å². The number of carbonyl (C=O) groups excluding carboxylic acids is 1. The first-order valence-electron chi connectivity index (χ1n) is 6.25. The minimum absolute atomic E-state index is 0.0133. The van der Waals surface area contributed by atoms with Gasteiger partial charge in [0, 0.05) is 20.1 Å². The maximum Gasteiger partial charge on any atom is 0.306 e. The van der Waals surface area contributed by atoms with Crippen LogP contribution in [0.2, 0.25) is 0 Å². The van der Waals surface area contributed by atoms with Crippen molar-refractivity contribution in [3.05, 3.63) is 0 Å². The first kappa shape index (κ1) is 16.4. The minimum Gasteiger partial charge on any atom is -0.469 e. The molecule has 1 saturated heterocycles. The quantitative estimate of drug-likeness (QED) is 0.663. The van der Waals surface area contributed by atoms with E-state index >= 15 is 0 Å². The number of nitrogens with zero attached hydrogens (tertiary/aromatic N) is 2. The van der Waals surface area contributed by atoms with E-state index < -0.39 is 16.2 Å². The molecule has 0 aromatic heterocycles. The summed E-state index contributed by atoms with van der Waals surface area (Å²) in [7, 11) is -0.947. The van der Waals surface area contributed by atoms with Crippen LogP contribution in [0.25, 0.3) is 0 Å². The minimum atomic E-state index is -3.64. The van der Waals surface area contributed by atoms with Crippen molar-refractivity contribution in [2.75, 3.05) is 33.9 Å². The molecule has 0 aromatic carbocycles. The molecule has 0 bridgehead atoms. The van der Waals surface area contributed by atoms with Gasteiger partial charge in [-0.15, -0.1) is 0 Å². The number of rotatable bonds is 6. The fourth-order valence-corrected chi connectivity index (χ4v) is 3.81. The first-order valence-corrected chi connectivity index (χ1v) is 7.65. The molecule has 7 nitrogen and oxygen atoms in total. The van der Waals surface area contributed by atoms with E-state index in [2.05, 4.69) is 4.74 Å². The molecule has 1 aliphatic rings. The van der Waals surface area contributed by atoms with Crippen molar-refractivity contribution in [3.63, 3.8) is 0 Å². The van der Waals surface area contributed by atoms with E-state index in [1.165, 1.54) is 18.5 Å². The number of carbonyl (C=O) groups is 1. The highest BCUT2D eigenvalue weighted by molar-refractivity contribution is 7.86. The summed E-state index contributed by atoms with van der Waals surface area (Å²) in [5.41, 5.74) is 0. The monoisotopic (exact) mass is 294 g/mol. The van der Waals surface area contributed by atoms with Gasteiger partial charge in [0.25, 0.3) is 10.2 Å². The fourth-order valence-electron chi connectivity index (χ4n) is 2.18. The van der Waals surface area contributed by atoms with Crippen LogP contribution in [0.15, 0.2) is 0 Å². The molecular formula is C11H22N2O5S. The molecule has 1 N–H and O–H groups in total. The zero-order chi connectivity index (χ0) is 14.6. The van der Waals surface area contributed by atoms with Crippen LogP contribution in [0.3, 0.4) is 0 Å². The van der Waals surface area contributed by atoms with Crippen molar-refractivity contribution < 1.29 is 23.1 Å². The average Bonchev–Trinajstić information content (AvgIpc) is 2.76. The molecule has 0 aromatic rings. The van der Waals surface area contributed by atoms with Gasteiger partial charge in [-0.1, -0.05) is 6.92 Å². The van der Waals surface area contributed by atoms with Crippen LogP contribution in [-0.4, -0.2) is 68.0 Å². The molecule has 1 heterocycles. The van der Waals surface area contributed by atoms with E-state index in [-0.39, 0.29) is 31.5 Å². The Balaban J connectivity index is 2.71. The van der Waals surface area contributed by atoms with Crippen LogP contribution in [-0.2, 0) is 19.7 Å². The van der Waals surface area contributed by atoms with Crippen LogP contribution < -0.4 is 0 Å². The summed E-state index contributed by atoms with van der Waals surface area (Å²) in [4.78, 5) is 11.0. The molecule has 0 saturated carbocycles. The largest absolute Gasteiger partial charge is 0.469 e. The Morgan fingerprint density at radius 1 is 1.53 bits per heavy atom. The van der Waals surface area contributed by atoms with Crippen LogP contribution in [0, 0.1) is 5.92 Å². The average molecular weight is 294 g/mol. The maximum absolute atomic E-state index is 12.3. The second-order valence-electron chi connectivity index (χ2n) is 4.78. The number of hydrogen-bond donors (Lipinski definition) is 1. The second kappa shape index (κ2) is 6.65. The molecule has 112 valence electrons. The summed E-state index contributed by atoms with van der Waals surface area (Å²) in [5, 5.41) is 9.31. The zero-order valence-corrected chi connectivity index (χ0v) is 12.4. The van der Waals surface area contributed by atoms with Crippen LogP contribution >= 0.6 is 0 Å². The van der Waals surface area contributed by atoms with Crippen molar-refractivity contribution in [2.24, 2.45) is 5.92 Å². The molecule has 1 aliphatic heterocycles. The molecule has 0 amide bonds. The van der Waals surface area contributed by atoms with E-state index in [0.717, 1.165) is 10.7 Å². The molecule has 2 unspecified atom stereocenters. The highest BCUT2D eigenvalue weighted by Gasteiger charge is 2.40. The normalized spacial score (nSPS) is 24.9. The van der Waals surface area contributed by atoms with Gasteiger partial charge in [-0.05, 0) is 12.3 Å². The highest BCUT2D eigenvalue weighted by atomic mass is 32.2. The number of aliphatic hydroxyl groups is 1. The summed E-state index contributed by atoms with van der Waals surface area (Å²) in [6, 6.07) is -0.384. The third-order valence-corrected chi connectivity index (χ3v) is 5.58. The molecule has 0 spiro atoms. The second-order valence-corrected chi connectivity index (χ2v) is 6.77. The number of aliphatic hydroxyl groups excluding tert-OH is 1. The maximum atomic E-state index is 12.3. The van der Waals surface area contributed by atoms with Gasteiger partial charge in [-0.25, -0.2) is 0 Å². The predicted molar refractivity (Wildman–Crippen MR) is 69.5 cm³/mol. The number of hydrogen-bond acceptors (Lipinski definition) is 5. The molecule has 0 aliphatic carbocycles. The Labute approximate surface area is 114 Å². The smallest absolute Gasteiger partial charge is 0.306 e. The highest BCUT2D eigenvalue weighted by Crippen LogP contribution is 2.27. The topological polar surface area (TPSA) is 87.2 Å². The lowest BCUT2D eigenvalue weighted by atomic mass is 10.0. The Hall–Kier alpha value is -0.700. The van der Waals surface area contributed by atoms with Gasteiger partial charge in [-0.2, -0.15) is 17.0 Å². The van der Waals surface area contributed by atoms with Crippen LogP contribution in [0.1, 0.15) is 19.8 Å². The summed E-state index contributed by atoms with van der Waals surface area (Å²) >= 11 is 0. The third kappa shape index (κ3) is 3.65. The first-order chi connectivity index (χ1) is 8.84. The van der Waals surface area contributed by atoms with E-state index in [9.17, 15) is 18.3 Å². The van der Waals surface area contributed by atoms with Gasteiger partial charge in [0.1, 0.15) is 0 Å². The molecule has 8 heteroatoms. The Bertz CT molecular complexity index is 411. The van der Waals surface area contributed by atoms with Crippen molar-refractivity contribution >= 4 is 16.2 Å². The standard InChI is InChI=1S/C11H22N2O5S/c1-9-4-7-13(10(9)8-14)19(16,17)12(2)6-5-11(15)18-3/h9-10,14H,4-8H2,1-3H3. The van der Waals surface area contributed by atoms with Crippen LogP contribution in [0.4, 0.5) is 0 Å². The number of methoxy groups -OCH3 is 1. The van der Waals surface area contributed by atoms with Gasteiger partial charge in [-0.3, -0.25) is 4.79 Å². The summed E-state index contributed by atoms with van der Waals surface area (Å²) in [6.45, 7) is 2.20. The van der Waals surface area contributed by atoms with E-state index in [1.807, 2.05) is 6.92 Å². The lowest BCUT2D eigenvalue weighted by molar-refractivity contribution is -0.140. The molecule has 1 fully saturated rings. The lowest BCUT2D eigenvalue weighted by Crippen LogP contribution is -2.47. The summed E-state index contributed by atoms with van der Waals surface area (Å²) < 4.78 is 31.6. The lowest BCUT2D eigenvalue weighted by Gasteiger charge is -2.28. The predicted octanol–water partition coefficient (Wildman–Crippen LogP) is -0.571. The molecule has 2 atom stereocenters. The Morgan fingerprint density at radius 3 is 2.68 bits per heavy atom. The third-order valence-electron chi connectivity index (χ3n) is 3.57. The van der Waals surface area contributed by atoms with E-state index in [0.29, 0.717) is 6.54 Å². The SMILES string of the molecule is COC(=O)CCN(C)S(=O)(=O)N1CCC(C)C1CO. The molecule has 19 heavy (non-hydrogen) atoms. The van der Waals surface area contributed by atoms with Gasteiger partial charge in [0.05, 0.1) is 26.2 Å². The molecular weight excluding hydrogens is 272 g/mol. The Morgan fingerprint density at radius 2 is 2.16 bits per heavy atom. The van der Waals surface area contributed by atoms with Gasteiger partial charge >= 0.3 is 5.97 Å². The van der Waals surface area contributed by atoms with Gasteiger partial charge in [0.15, 0.2) is 0 Å². The molecule has 0 radical (unpaired) electrons. The van der Waals surface area contributed by atoms with Crippen molar-refractivity contribution in [2.45, 2.75) is 25.8 Å². The Kier molecular flexibility index (Phi) is 5.72. The van der Waals surface area contributed by atoms with Crippen molar-refractivity contribution in [1.82, 2.24) is 8.61 Å². The zero-order valence-electron chi connectivity index (χ0n) is 11.6. The number of ether oxygens (including phenoxy) is 1. The fraction of sp³-hybridized carbons (Fsp3) is 0.909. The molecule has 1 rings (SSSR count). The number of esters is 1. The van der Waals surface area contributed by atoms with Gasteiger partial charge in [0.2, 0.25) is 0 Å². The summed E-state index contributed by atoms with van der Waals surface area (Å²) in [6.07, 6.45) is 0.745. The van der Waals surface area contributed by atoms with Crippen molar-refractivity contribution in [3.8, 4) is 0 Å². The van der Waals surface area contributed by atoms with E-state index in [4.69, 9.17) is 0 Å². The van der Waals surface area contributed by atoms with Crippen molar-refractivity contribution in [1.29, 1.82) is 0 Å². The summed E-state index contributed by atoms with van der Waals surface area (Å²) in [5.74, 6) is -0.315. The van der Waals surface area contributed by atoms with Crippen LogP contribution in [0.5, 0.6) is 0 Å².